The maximum atomic E-state index is 9.22. The first kappa shape index (κ1) is 14.9. The Labute approximate surface area is 107 Å². The van der Waals surface area contributed by atoms with E-state index in [1.165, 1.54) is 32.1 Å². The summed E-state index contributed by atoms with van der Waals surface area (Å²) in [6.07, 6.45) is 6.39. The third kappa shape index (κ3) is 4.23. The smallest absolute Gasteiger partial charge is 0.0558 e. The van der Waals surface area contributed by atoms with E-state index in [0.717, 1.165) is 19.0 Å². The average molecular weight is 242 g/mol. The lowest BCUT2D eigenvalue weighted by atomic mass is 10.0. The minimum atomic E-state index is 0.285. The predicted octanol–water partition coefficient (Wildman–Crippen LogP) is 1.86. The molecule has 0 aromatic rings. The third-order valence-electron chi connectivity index (χ3n) is 4.34. The highest BCUT2D eigenvalue weighted by Gasteiger charge is 2.28. The molecule has 3 nitrogen and oxygen atoms in total. The van der Waals surface area contributed by atoms with Crippen LogP contribution in [0.2, 0.25) is 0 Å². The summed E-state index contributed by atoms with van der Waals surface area (Å²) in [4.78, 5) is 2.50. The van der Waals surface area contributed by atoms with E-state index in [4.69, 9.17) is 0 Å². The number of hydrogen-bond donors (Lipinski definition) is 2. The molecule has 1 saturated carbocycles. The van der Waals surface area contributed by atoms with Gasteiger partial charge in [0.15, 0.2) is 0 Å². The van der Waals surface area contributed by atoms with Crippen molar-refractivity contribution in [2.75, 3.05) is 26.7 Å². The Morgan fingerprint density at radius 3 is 2.53 bits per heavy atom. The van der Waals surface area contributed by atoms with E-state index in [0.29, 0.717) is 12.1 Å². The van der Waals surface area contributed by atoms with Gasteiger partial charge in [0, 0.05) is 25.2 Å². The number of hydrogen-bond acceptors (Lipinski definition) is 3. The molecule has 1 aliphatic carbocycles. The first-order valence-electron chi connectivity index (χ1n) is 7.28. The van der Waals surface area contributed by atoms with Gasteiger partial charge in [-0.25, -0.2) is 0 Å². The van der Waals surface area contributed by atoms with Gasteiger partial charge in [-0.15, -0.1) is 0 Å². The first-order valence-corrected chi connectivity index (χ1v) is 7.28. The second kappa shape index (κ2) is 8.06. The van der Waals surface area contributed by atoms with Gasteiger partial charge < -0.3 is 10.4 Å². The Morgan fingerprint density at radius 2 is 2.00 bits per heavy atom. The van der Waals surface area contributed by atoms with Crippen LogP contribution in [0.15, 0.2) is 0 Å². The maximum Gasteiger partial charge on any atom is 0.0558 e. The van der Waals surface area contributed by atoms with Crippen LogP contribution in [0.1, 0.15) is 46.0 Å². The zero-order chi connectivity index (χ0) is 12.7. The van der Waals surface area contributed by atoms with E-state index in [9.17, 15) is 5.11 Å². The number of aliphatic hydroxyl groups excluding tert-OH is 1. The molecular weight excluding hydrogens is 212 g/mol. The van der Waals surface area contributed by atoms with Gasteiger partial charge in [0.1, 0.15) is 0 Å². The van der Waals surface area contributed by atoms with E-state index in [1.807, 2.05) is 0 Å². The van der Waals surface area contributed by atoms with Gasteiger partial charge in [0.05, 0.1) is 6.61 Å². The molecule has 2 N–H and O–H groups in total. The summed E-state index contributed by atoms with van der Waals surface area (Å²) in [6, 6.07) is 1.32. The summed E-state index contributed by atoms with van der Waals surface area (Å²) in [5, 5.41) is 12.7. The number of rotatable bonds is 8. The summed E-state index contributed by atoms with van der Waals surface area (Å²) in [6.45, 7) is 6.77. The van der Waals surface area contributed by atoms with Crippen LogP contribution < -0.4 is 5.32 Å². The second-order valence-electron chi connectivity index (χ2n) is 5.28. The van der Waals surface area contributed by atoms with Gasteiger partial charge in [-0.2, -0.15) is 0 Å². The normalized spacial score (nSPS) is 25.1. The van der Waals surface area contributed by atoms with Gasteiger partial charge in [0.25, 0.3) is 0 Å². The van der Waals surface area contributed by atoms with Crippen molar-refractivity contribution in [1.82, 2.24) is 10.2 Å². The van der Waals surface area contributed by atoms with Gasteiger partial charge in [-0.05, 0) is 38.6 Å². The van der Waals surface area contributed by atoms with Crippen LogP contribution in [0.3, 0.4) is 0 Å². The molecule has 0 bridgehead atoms. The monoisotopic (exact) mass is 242 g/mol. The molecule has 3 heteroatoms. The zero-order valence-electron chi connectivity index (χ0n) is 11.8. The first-order chi connectivity index (χ1) is 8.26. The van der Waals surface area contributed by atoms with Gasteiger partial charge >= 0.3 is 0 Å². The Balaban J connectivity index is 2.52. The fourth-order valence-electron chi connectivity index (χ4n) is 3.29. The minimum Gasteiger partial charge on any atom is -0.395 e. The van der Waals surface area contributed by atoms with E-state index in [1.54, 1.807) is 0 Å². The molecule has 2 atom stereocenters. The van der Waals surface area contributed by atoms with E-state index in [-0.39, 0.29) is 6.61 Å². The van der Waals surface area contributed by atoms with Crippen molar-refractivity contribution < 1.29 is 5.11 Å². The Bertz CT molecular complexity index is 195. The minimum absolute atomic E-state index is 0.285. The Morgan fingerprint density at radius 1 is 1.29 bits per heavy atom. The summed E-state index contributed by atoms with van der Waals surface area (Å²) < 4.78 is 0. The van der Waals surface area contributed by atoms with E-state index in [2.05, 4.69) is 31.1 Å². The highest BCUT2D eigenvalue weighted by Crippen LogP contribution is 2.27. The van der Waals surface area contributed by atoms with E-state index < -0.39 is 0 Å². The molecule has 17 heavy (non-hydrogen) atoms. The largest absolute Gasteiger partial charge is 0.395 e. The molecule has 1 aliphatic rings. The van der Waals surface area contributed by atoms with E-state index >= 15 is 0 Å². The van der Waals surface area contributed by atoms with Crippen LogP contribution in [0.4, 0.5) is 0 Å². The van der Waals surface area contributed by atoms with Gasteiger partial charge in [-0.1, -0.05) is 20.3 Å². The predicted molar refractivity (Wildman–Crippen MR) is 73.2 cm³/mol. The zero-order valence-corrected chi connectivity index (χ0v) is 11.8. The summed E-state index contributed by atoms with van der Waals surface area (Å²) in [5.41, 5.74) is 0. The van der Waals surface area contributed by atoms with Crippen molar-refractivity contribution in [2.45, 2.75) is 58.0 Å². The van der Waals surface area contributed by atoms with Gasteiger partial charge in [-0.3, -0.25) is 4.90 Å². The van der Waals surface area contributed by atoms with Crippen molar-refractivity contribution in [3.63, 3.8) is 0 Å². The molecule has 1 fully saturated rings. The van der Waals surface area contributed by atoms with Crippen LogP contribution in [0.5, 0.6) is 0 Å². The molecule has 0 spiro atoms. The van der Waals surface area contributed by atoms with Crippen LogP contribution >= 0.6 is 0 Å². The highest BCUT2D eigenvalue weighted by atomic mass is 16.3. The third-order valence-corrected chi connectivity index (χ3v) is 4.34. The molecule has 1 rings (SSSR count). The standard InChI is InChI=1S/C14H30N2O/c1-4-13(5-2)16(9-10-17)11-12-7-6-8-14(12)15-3/h12-15,17H,4-11H2,1-3H3. The fraction of sp³-hybridized carbons (Fsp3) is 1.00. The molecule has 0 radical (unpaired) electrons. The molecular formula is C14H30N2O. The van der Waals surface area contributed by atoms with Crippen molar-refractivity contribution in [1.29, 1.82) is 0 Å². The van der Waals surface area contributed by atoms with Crippen molar-refractivity contribution in [3.8, 4) is 0 Å². The molecule has 0 aliphatic heterocycles. The maximum absolute atomic E-state index is 9.22. The second-order valence-corrected chi connectivity index (χ2v) is 5.28. The highest BCUT2D eigenvalue weighted by molar-refractivity contribution is 4.85. The topological polar surface area (TPSA) is 35.5 Å². The summed E-state index contributed by atoms with van der Waals surface area (Å²) in [7, 11) is 2.08. The molecule has 0 aromatic carbocycles. The quantitative estimate of drug-likeness (QED) is 0.682. The fourth-order valence-corrected chi connectivity index (χ4v) is 3.29. The van der Waals surface area contributed by atoms with Crippen molar-refractivity contribution >= 4 is 0 Å². The number of nitrogens with zero attached hydrogens (tertiary/aromatic N) is 1. The lowest BCUT2D eigenvalue weighted by Crippen LogP contribution is -2.43. The summed E-state index contributed by atoms with van der Waals surface area (Å²) in [5.74, 6) is 0.771. The van der Waals surface area contributed by atoms with Crippen LogP contribution in [0, 0.1) is 5.92 Å². The lowest BCUT2D eigenvalue weighted by Gasteiger charge is -2.33. The van der Waals surface area contributed by atoms with Crippen LogP contribution in [-0.4, -0.2) is 48.8 Å². The van der Waals surface area contributed by atoms with Crippen molar-refractivity contribution in [2.24, 2.45) is 5.92 Å². The Kier molecular flexibility index (Phi) is 7.09. The van der Waals surface area contributed by atoms with Crippen LogP contribution in [-0.2, 0) is 0 Å². The molecule has 0 heterocycles. The Hall–Kier alpha value is -0.120. The molecule has 0 aromatic heterocycles. The van der Waals surface area contributed by atoms with Gasteiger partial charge in [0.2, 0.25) is 0 Å². The SMILES string of the molecule is CCC(CC)N(CCO)CC1CCCC1NC. The molecule has 0 saturated heterocycles. The number of nitrogens with one attached hydrogen (secondary N) is 1. The van der Waals surface area contributed by atoms with Crippen molar-refractivity contribution in [3.05, 3.63) is 0 Å². The summed E-state index contributed by atoms with van der Waals surface area (Å²) >= 11 is 0. The molecule has 102 valence electrons. The van der Waals surface area contributed by atoms with Crippen LogP contribution in [0.25, 0.3) is 0 Å². The number of aliphatic hydroxyl groups is 1. The molecule has 2 unspecified atom stereocenters. The molecule has 0 amide bonds. The average Bonchev–Trinajstić information content (AvgIpc) is 2.78. The lowest BCUT2D eigenvalue weighted by molar-refractivity contribution is 0.119.